The Labute approximate surface area is 118 Å². The lowest BCUT2D eigenvalue weighted by Crippen LogP contribution is -2.22. The van der Waals surface area contributed by atoms with Gasteiger partial charge in [0.05, 0.1) is 7.11 Å². The second kappa shape index (κ2) is 6.68. The Hall–Kier alpha value is -1.39. The molecule has 0 fully saturated rings. The molecule has 2 heterocycles. The van der Waals surface area contributed by atoms with Gasteiger partial charge < -0.3 is 10.1 Å². The Morgan fingerprint density at radius 1 is 1.37 bits per heavy atom. The molecular weight excluding hydrogens is 256 g/mol. The molecule has 1 N–H and O–H groups in total. The molecule has 0 aliphatic heterocycles. The fourth-order valence-electron chi connectivity index (χ4n) is 2.13. The monoisotopic (exact) mass is 276 g/mol. The number of thiophene rings is 1. The lowest BCUT2D eigenvalue weighted by molar-refractivity contribution is 0.397. The van der Waals surface area contributed by atoms with Crippen LogP contribution in [0.25, 0.3) is 0 Å². The average Bonchev–Trinajstić information content (AvgIpc) is 2.85. The third kappa shape index (κ3) is 3.55. The van der Waals surface area contributed by atoms with Crippen LogP contribution in [0.2, 0.25) is 0 Å². The summed E-state index contributed by atoms with van der Waals surface area (Å²) < 4.78 is 5.09. The number of hydrogen-bond donors (Lipinski definition) is 1. The number of aromatic nitrogens is 1. The lowest BCUT2D eigenvalue weighted by Gasteiger charge is -2.17. The number of ether oxygens (including phenoxy) is 1. The molecule has 4 heteroatoms. The van der Waals surface area contributed by atoms with E-state index in [-0.39, 0.29) is 0 Å². The normalized spacial score (nSPS) is 12.4. The highest BCUT2D eigenvalue weighted by molar-refractivity contribution is 7.10. The van der Waals surface area contributed by atoms with Crippen LogP contribution in [0.3, 0.4) is 0 Å². The summed E-state index contributed by atoms with van der Waals surface area (Å²) in [5.41, 5.74) is 2.58. The zero-order chi connectivity index (χ0) is 13.7. The maximum atomic E-state index is 5.09. The van der Waals surface area contributed by atoms with Crippen molar-refractivity contribution >= 4 is 11.3 Å². The van der Waals surface area contributed by atoms with Gasteiger partial charge in [0.25, 0.3) is 0 Å². The van der Waals surface area contributed by atoms with Gasteiger partial charge in [0, 0.05) is 23.2 Å². The van der Waals surface area contributed by atoms with E-state index in [1.807, 2.05) is 23.6 Å². The van der Waals surface area contributed by atoms with Crippen LogP contribution in [0.1, 0.15) is 29.0 Å². The Kier molecular flexibility index (Phi) is 4.93. The Balaban J connectivity index is 2.14. The van der Waals surface area contributed by atoms with Gasteiger partial charge in [0.15, 0.2) is 0 Å². The fourth-order valence-corrected chi connectivity index (χ4v) is 3.14. The molecule has 0 bridgehead atoms. The summed E-state index contributed by atoms with van der Waals surface area (Å²) in [5, 5.41) is 5.71. The fraction of sp³-hybridized carbons (Fsp3) is 0.400. The van der Waals surface area contributed by atoms with E-state index >= 15 is 0 Å². The van der Waals surface area contributed by atoms with Crippen molar-refractivity contribution in [3.63, 3.8) is 0 Å². The topological polar surface area (TPSA) is 34.1 Å². The van der Waals surface area contributed by atoms with Crippen LogP contribution in [0.15, 0.2) is 29.8 Å². The minimum Gasteiger partial charge on any atom is -0.481 e. The van der Waals surface area contributed by atoms with Crippen molar-refractivity contribution in [2.75, 3.05) is 13.7 Å². The molecule has 2 aromatic heterocycles. The highest BCUT2D eigenvalue weighted by atomic mass is 32.1. The number of nitrogens with zero attached hydrogens (tertiary/aromatic N) is 1. The lowest BCUT2D eigenvalue weighted by atomic mass is 10.0. The smallest absolute Gasteiger partial charge is 0.212 e. The predicted octanol–water partition coefficient (Wildman–Crippen LogP) is 3.35. The van der Waals surface area contributed by atoms with Crippen LogP contribution in [0.5, 0.6) is 5.88 Å². The highest BCUT2D eigenvalue weighted by Gasteiger charge is 2.15. The molecule has 0 spiro atoms. The van der Waals surface area contributed by atoms with Gasteiger partial charge in [-0.2, -0.15) is 0 Å². The molecular formula is C15H20N2OS. The number of pyridine rings is 1. The van der Waals surface area contributed by atoms with Crippen molar-refractivity contribution in [3.8, 4) is 5.88 Å². The van der Waals surface area contributed by atoms with E-state index in [9.17, 15) is 0 Å². The standard InChI is InChI=1S/C15H20N2OS/c1-4-16-13(15-11(2)7-8-19-15)9-12-5-6-14(18-3)17-10-12/h5-8,10,13,16H,4,9H2,1-3H3. The first-order valence-electron chi connectivity index (χ1n) is 6.51. The third-order valence-corrected chi connectivity index (χ3v) is 4.25. The summed E-state index contributed by atoms with van der Waals surface area (Å²) in [5.74, 6) is 0.663. The first-order valence-corrected chi connectivity index (χ1v) is 7.38. The van der Waals surface area contributed by atoms with Crippen LogP contribution in [-0.4, -0.2) is 18.6 Å². The van der Waals surface area contributed by atoms with E-state index in [2.05, 4.69) is 41.7 Å². The molecule has 0 aliphatic carbocycles. The van der Waals surface area contributed by atoms with E-state index < -0.39 is 0 Å². The summed E-state index contributed by atoms with van der Waals surface area (Å²) in [7, 11) is 1.64. The second-order valence-corrected chi connectivity index (χ2v) is 5.44. The minimum atomic E-state index is 0.361. The molecule has 2 rings (SSSR count). The quantitative estimate of drug-likeness (QED) is 0.878. The van der Waals surface area contributed by atoms with Crippen LogP contribution < -0.4 is 10.1 Å². The first-order chi connectivity index (χ1) is 9.24. The van der Waals surface area contributed by atoms with Crippen molar-refractivity contribution in [2.24, 2.45) is 0 Å². The molecule has 3 nitrogen and oxygen atoms in total. The highest BCUT2D eigenvalue weighted by Crippen LogP contribution is 2.26. The van der Waals surface area contributed by atoms with Crippen molar-refractivity contribution in [1.82, 2.24) is 10.3 Å². The number of methoxy groups -OCH3 is 1. The maximum absolute atomic E-state index is 5.09. The molecule has 0 radical (unpaired) electrons. The van der Waals surface area contributed by atoms with Gasteiger partial charge in [-0.25, -0.2) is 4.98 Å². The van der Waals surface area contributed by atoms with Crippen LogP contribution in [0.4, 0.5) is 0 Å². The van der Waals surface area contributed by atoms with Crippen molar-refractivity contribution in [1.29, 1.82) is 0 Å². The van der Waals surface area contributed by atoms with Gasteiger partial charge in [0.2, 0.25) is 5.88 Å². The molecule has 102 valence electrons. The maximum Gasteiger partial charge on any atom is 0.212 e. The van der Waals surface area contributed by atoms with E-state index in [1.165, 1.54) is 16.0 Å². The van der Waals surface area contributed by atoms with E-state index in [0.717, 1.165) is 13.0 Å². The van der Waals surface area contributed by atoms with Crippen LogP contribution >= 0.6 is 11.3 Å². The van der Waals surface area contributed by atoms with Gasteiger partial charge in [0.1, 0.15) is 0 Å². The molecule has 2 aromatic rings. The van der Waals surface area contributed by atoms with E-state index in [4.69, 9.17) is 4.74 Å². The largest absolute Gasteiger partial charge is 0.481 e. The van der Waals surface area contributed by atoms with E-state index in [1.54, 1.807) is 7.11 Å². The molecule has 0 saturated heterocycles. The zero-order valence-corrected chi connectivity index (χ0v) is 12.5. The summed E-state index contributed by atoms with van der Waals surface area (Å²) in [6.45, 7) is 5.27. The number of hydrogen-bond acceptors (Lipinski definition) is 4. The number of rotatable bonds is 6. The third-order valence-electron chi connectivity index (χ3n) is 3.12. The Bertz CT molecular complexity index is 507. The summed E-state index contributed by atoms with van der Waals surface area (Å²) in [6.07, 6.45) is 2.85. The molecule has 1 atom stereocenters. The molecule has 0 aromatic carbocycles. The van der Waals surface area contributed by atoms with Gasteiger partial charge >= 0.3 is 0 Å². The van der Waals surface area contributed by atoms with Crippen molar-refractivity contribution < 1.29 is 4.74 Å². The van der Waals surface area contributed by atoms with Gasteiger partial charge in [-0.3, -0.25) is 0 Å². The van der Waals surface area contributed by atoms with Gasteiger partial charge in [-0.05, 0) is 42.5 Å². The van der Waals surface area contributed by atoms with Gasteiger partial charge in [-0.1, -0.05) is 13.0 Å². The molecule has 1 unspecified atom stereocenters. The van der Waals surface area contributed by atoms with Crippen LogP contribution in [-0.2, 0) is 6.42 Å². The predicted molar refractivity (Wildman–Crippen MR) is 80.0 cm³/mol. The van der Waals surface area contributed by atoms with Crippen molar-refractivity contribution in [2.45, 2.75) is 26.3 Å². The number of aryl methyl sites for hydroxylation is 1. The molecule has 0 saturated carbocycles. The Morgan fingerprint density at radius 2 is 2.21 bits per heavy atom. The van der Waals surface area contributed by atoms with Crippen LogP contribution in [0, 0.1) is 6.92 Å². The number of nitrogens with one attached hydrogen (secondary N) is 1. The molecule has 19 heavy (non-hydrogen) atoms. The summed E-state index contributed by atoms with van der Waals surface area (Å²) in [4.78, 5) is 5.68. The summed E-state index contributed by atoms with van der Waals surface area (Å²) >= 11 is 1.82. The summed E-state index contributed by atoms with van der Waals surface area (Å²) in [6, 6.07) is 6.54. The van der Waals surface area contributed by atoms with Crippen molar-refractivity contribution in [3.05, 3.63) is 45.8 Å². The molecule has 0 aliphatic rings. The van der Waals surface area contributed by atoms with E-state index in [0.29, 0.717) is 11.9 Å². The van der Waals surface area contributed by atoms with Gasteiger partial charge in [-0.15, -0.1) is 11.3 Å². The first kappa shape index (κ1) is 14.0. The molecule has 0 amide bonds. The minimum absolute atomic E-state index is 0.361. The number of likely N-dealkylation sites (N-methyl/N-ethyl adjacent to an activating group) is 1. The second-order valence-electron chi connectivity index (χ2n) is 4.49. The SMILES string of the molecule is CCNC(Cc1ccc(OC)nc1)c1sccc1C. The zero-order valence-electron chi connectivity index (χ0n) is 11.6. The Morgan fingerprint density at radius 3 is 2.74 bits per heavy atom. The average molecular weight is 276 g/mol.